The third-order valence-corrected chi connectivity index (χ3v) is 9.75. The van der Waals surface area contributed by atoms with E-state index >= 15 is 4.39 Å². The fraction of sp³-hybridized carbons (Fsp3) is 0.382. The van der Waals surface area contributed by atoms with Gasteiger partial charge in [0, 0.05) is 36.5 Å². The van der Waals surface area contributed by atoms with E-state index in [0.717, 1.165) is 45.2 Å². The number of halogens is 3. The molecule has 1 N–H and O–H groups in total. The van der Waals surface area contributed by atoms with Gasteiger partial charge >= 0.3 is 6.01 Å². The first kappa shape index (κ1) is 27.2. The molecule has 3 saturated heterocycles. The number of hydrogen-bond donors (Lipinski definition) is 1. The lowest BCUT2D eigenvalue weighted by atomic mass is 9.95. The van der Waals surface area contributed by atoms with E-state index in [1.165, 1.54) is 24.3 Å². The average Bonchev–Trinajstić information content (AvgIpc) is 3.49. The van der Waals surface area contributed by atoms with Crippen LogP contribution in [0.25, 0.3) is 39.0 Å². The minimum Gasteiger partial charge on any atom is -0.508 e. The van der Waals surface area contributed by atoms with Gasteiger partial charge in [-0.1, -0.05) is 18.1 Å². The highest BCUT2D eigenvalue weighted by molar-refractivity contribution is 6.04. The summed E-state index contributed by atoms with van der Waals surface area (Å²) in [7, 11) is 0. The highest BCUT2D eigenvalue weighted by Gasteiger charge is 2.49. The Morgan fingerprint density at radius 3 is 2.84 bits per heavy atom. The molecule has 0 radical (unpaired) electrons. The molecule has 8 rings (SSSR count). The summed E-state index contributed by atoms with van der Waals surface area (Å²) in [5.74, 6) is 1.39. The van der Waals surface area contributed by atoms with Crippen LogP contribution in [0.2, 0.25) is 0 Å². The number of phenolic OH excluding ortho intramolecular Hbond substituents is 1. The van der Waals surface area contributed by atoms with Crippen molar-refractivity contribution < 1.29 is 23.0 Å². The molecule has 7 nitrogen and oxygen atoms in total. The van der Waals surface area contributed by atoms with Crippen molar-refractivity contribution in [2.45, 2.75) is 56.3 Å². The zero-order valence-corrected chi connectivity index (χ0v) is 24.0. The minimum atomic E-state index is -0.912. The summed E-state index contributed by atoms with van der Waals surface area (Å²) < 4.78 is 52.5. The Labute approximate surface area is 252 Å². The number of alkyl halides is 1. The second-order valence-electron chi connectivity index (χ2n) is 12.4. The monoisotopic (exact) mass is 597 g/mol. The quantitative estimate of drug-likeness (QED) is 0.283. The van der Waals surface area contributed by atoms with Crippen molar-refractivity contribution >= 4 is 33.6 Å². The number of hydrogen-bond acceptors (Lipinski definition) is 7. The Hall–Kier alpha value is -4.36. The summed E-state index contributed by atoms with van der Waals surface area (Å²) in [6, 6.07) is 5.56. The number of aromatic nitrogens is 3. The molecule has 0 spiro atoms. The van der Waals surface area contributed by atoms with Gasteiger partial charge < -0.3 is 14.7 Å². The second kappa shape index (κ2) is 10.1. The lowest BCUT2D eigenvalue weighted by Crippen LogP contribution is -2.43. The van der Waals surface area contributed by atoms with E-state index in [1.807, 2.05) is 12.2 Å². The van der Waals surface area contributed by atoms with Crippen LogP contribution >= 0.6 is 0 Å². The molecule has 4 aliphatic heterocycles. The topological polar surface area (TPSA) is 74.6 Å². The highest BCUT2D eigenvalue weighted by Crippen LogP contribution is 2.43. The van der Waals surface area contributed by atoms with Crippen LogP contribution in [0.5, 0.6) is 11.8 Å². The van der Waals surface area contributed by atoms with Gasteiger partial charge in [-0.25, -0.2) is 18.2 Å². The number of anilines is 1. The van der Waals surface area contributed by atoms with Gasteiger partial charge in [-0.3, -0.25) is 4.90 Å². The highest BCUT2D eigenvalue weighted by atomic mass is 19.1. The number of fused-ring (bicyclic) bond motifs is 4. The van der Waals surface area contributed by atoms with Crippen LogP contribution in [0.3, 0.4) is 0 Å². The van der Waals surface area contributed by atoms with E-state index in [2.05, 4.69) is 20.7 Å². The maximum atomic E-state index is 16.9. The molecular weight excluding hydrogens is 567 g/mol. The molecule has 0 saturated carbocycles. The smallest absolute Gasteiger partial charge is 0.319 e. The molecule has 0 amide bonds. The van der Waals surface area contributed by atoms with Crippen molar-refractivity contribution in [1.82, 2.24) is 19.9 Å². The first-order valence-corrected chi connectivity index (χ1v) is 15.2. The Morgan fingerprint density at radius 1 is 1.09 bits per heavy atom. The third kappa shape index (κ3) is 4.13. The number of nitrogens with zero attached hydrogens (tertiary/aromatic N) is 5. The molecule has 3 fully saturated rings. The Balaban J connectivity index is 1.34. The molecule has 0 aliphatic carbocycles. The third-order valence-electron chi connectivity index (χ3n) is 9.75. The zero-order chi connectivity index (χ0) is 30.2. The van der Waals surface area contributed by atoms with Crippen molar-refractivity contribution in [1.29, 1.82) is 0 Å². The van der Waals surface area contributed by atoms with Crippen molar-refractivity contribution in [2.24, 2.45) is 0 Å². The van der Waals surface area contributed by atoms with Crippen molar-refractivity contribution in [3.8, 4) is 35.4 Å². The van der Waals surface area contributed by atoms with Gasteiger partial charge in [-0.15, -0.1) is 6.42 Å². The summed E-state index contributed by atoms with van der Waals surface area (Å²) in [5, 5.41) is 11.8. The van der Waals surface area contributed by atoms with Crippen LogP contribution < -0.4 is 9.64 Å². The van der Waals surface area contributed by atoms with Crippen LogP contribution in [0.1, 0.15) is 49.8 Å². The summed E-state index contributed by atoms with van der Waals surface area (Å²) >= 11 is 0. The maximum Gasteiger partial charge on any atom is 0.319 e. The number of benzene rings is 2. The van der Waals surface area contributed by atoms with Gasteiger partial charge in [0.1, 0.15) is 41.4 Å². The minimum absolute atomic E-state index is 0.00611. The lowest BCUT2D eigenvalue weighted by Gasteiger charge is -2.35. The number of pyridine rings is 1. The van der Waals surface area contributed by atoms with E-state index in [1.54, 1.807) is 0 Å². The SMILES string of the molecule is C#Cc1c(F)ccc2cc(O)cc(-c3nc4c5c(nc(OC[C@@]67CCCN6C[C@H](F)C7)nc5c3F)N3CCCC[C@H]3C=C4)c12. The largest absolute Gasteiger partial charge is 0.508 e. The average molecular weight is 598 g/mol. The molecule has 0 bridgehead atoms. The van der Waals surface area contributed by atoms with Crippen LogP contribution in [0, 0.1) is 24.0 Å². The molecule has 44 heavy (non-hydrogen) atoms. The zero-order valence-electron chi connectivity index (χ0n) is 24.0. The van der Waals surface area contributed by atoms with E-state index in [0.29, 0.717) is 35.2 Å². The predicted molar refractivity (Wildman–Crippen MR) is 162 cm³/mol. The summed E-state index contributed by atoms with van der Waals surface area (Å²) in [4.78, 5) is 18.5. The van der Waals surface area contributed by atoms with Crippen molar-refractivity contribution in [2.75, 3.05) is 31.1 Å². The van der Waals surface area contributed by atoms with Crippen LogP contribution in [-0.4, -0.2) is 69.0 Å². The van der Waals surface area contributed by atoms with Crippen LogP contribution in [0.15, 0.2) is 30.3 Å². The van der Waals surface area contributed by atoms with Crippen molar-refractivity contribution in [3.63, 3.8) is 0 Å². The molecule has 224 valence electrons. The number of ether oxygens (including phenoxy) is 1. The van der Waals surface area contributed by atoms with Gasteiger partial charge in [0.05, 0.1) is 22.2 Å². The van der Waals surface area contributed by atoms with Gasteiger partial charge in [0.25, 0.3) is 0 Å². The Morgan fingerprint density at radius 2 is 1.98 bits per heavy atom. The molecular formula is C34H30F3N5O2. The van der Waals surface area contributed by atoms with E-state index in [9.17, 15) is 13.9 Å². The van der Waals surface area contributed by atoms with Crippen LogP contribution in [-0.2, 0) is 0 Å². The predicted octanol–water partition coefficient (Wildman–Crippen LogP) is 6.15. The fourth-order valence-electron chi connectivity index (χ4n) is 7.76. The first-order valence-electron chi connectivity index (χ1n) is 15.2. The number of phenols is 1. The molecule has 2 aromatic carbocycles. The standard InChI is InChI=1S/C34H30F3N5O2/c1-2-23-25(36)9-7-19-14-22(43)15-24(27(19)23)30-29(37)31-28-26(38-30)10-8-21-6-3-4-13-42(21)32(28)40-33(39-31)44-18-34-11-5-12-41(34)17-20(35)16-34/h1,7-10,14-15,20-21,43H,3-6,11-13,16-18H2/t20-,21+,34+/m1/s1. The van der Waals surface area contributed by atoms with E-state index < -0.39 is 23.3 Å². The maximum absolute atomic E-state index is 16.9. The molecule has 6 heterocycles. The van der Waals surface area contributed by atoms with Gasteiger partial charge in [0.2, 0.25) is 0 Å². The molecule has 0 unspecified atom stereocenters. The normalized spacial score (nSPS) is 24.4. The molecule has 3 atom stereocenters. The number of piperidine rings is 1. The Kier molecular flexibility index (Phi) is 6.24. The van der Waals surface area contributed by atoms with Crippen LogP contribution in [0.4, 0.5) is 19.0 Å². The second-order valence-corrected chi connectivity index (χ2v) is 12.4. The molecule has 4 aliphatic rings. The lowest BCUT2D eigenvalue weighted by molar-refractivity contribution is 0.107. The summed E-state index contributed by atoms with van der Waals surface area (Å²) in [6.07, 6.45) is 13.8. The Bertz CT molecular complexity index is 1920. The van der Waals surface area contributed by atoms with Gasteiger partial charge in [-0.05, 0) is 68.3 Å². The number of rotatable bonds is 4. The fourth-order valence-corrected chi connectivity index (χ4v) is 7.76. The summed E-state index contributed by atoms with van der Waals surface area (Å²) in [6.45, 7) is 2.14. The first-order chi connectivity index (χ1) is 21.3. The number of aromatic hydroxyl groups is 1. The van der Waals surface area contributed by atoms with Gasteiger partial charge in [0.15, 0.2) is 5.82 Å². The molecule has 4 aromatic rings. The molecule has 10 heteroatoms. The van der Waals surface area contributed by atoms with E-state index in [4.69, 9.17) is 21.1 Å². The molecule has 2 aromatic heterocycles. The van der Waals surface area contributed by atoms with Crippen molar-refractivity contribution in [3.05, 3.63) is 53.2 Å². The summed E-state index contributed by atoms with van der Waals surface area (Å²) in [5.41, 5.74) is 0.0250. The number of terminal acetylenes is 1. The van der Waals surface area contributed by atoms with E-state index in [-0.39, 0.29) is 52.1 Å². The van der Waals surface area contributed by atoms with Gasteiger partial charge in [-0.2, -0.15) is 9.97 Å².